The SMILES string of the molecule is CC(C)CCN(C)C(CN)c1ccc(F)cc1F. The summed E-state index contributed by atoms with van der Waals surface area (Å²) in [6.45, 7) is 5.45. The minimum absolute atomic E-state index is 0.204. The molecule has 0 radical (unpaired) electrons. The molecule has 0 spiro atoms. The zero-order chi connectivity index (χ0) is 13.7. The highest BCUT2D eigenvalue weighted by molar-refractivity contribution is 5.22. The van der Waals surface area contributed by atoms with Crippen LogP contribution in [0.1, 0.15) is 31.9 Å². The van der Waals surface area contributed by atoms with Gasteiger partial charge in [-0.25, -0.2) is 8.78 Å². The van der Waals surface area contributed by atoms with E-state index in [1.54, 1.807) is 0 Å². The van der Waals surface area contributed by atoms with Gasteiger partial charge in [0.05, 0.1) is 0 Å². The van der Waals surface area contributed by atoms with Gasteiger partial charge in [-0.2, -0.15) is 0 Å². The molecule has 0 aliphatic heterocycles. The quantitative estimate of drug-likeness (QED) is 0.848. The topological polar surface area (TPSA) is 29.3 Å². The first kappa shape index (κ1) is 15.1. The Bertz CT molecular complexity index is 380. The van der Waals surface area contributed by atoms with Gasteiger partial charge in [0.15, 0.2) is 0 Å². The van der Waals surface area contributed by atoms with E-state index < -0.39 is 11.6 Å². The summed E-state index contributed by atoms with van der Waals surface area (Å²) < 4.78 is 26.6. The standard InChI is InChI=1S/C14H22F2N2/c1-10(2)6-7-18(3)14(9-17)12-5-4-11(15)8-13(12)16/h4-5,8,10,14H,6-7,9,17H2,1-3H3. The van der Waals surface area contributed by atoms with Crippen LogP contribution < -0.4 is 5.73 Å². The summed E-state index contributed by atoms with van der Waals surface area (Å²) in [5, 5.41) is 0. The van der Waals surface area contributed by atoms with E-state index in [2.05, 4.69) is 13.8 Å². The van der Waals surface area contributed by atoms with E-state index in [1.165, 1.54) is 12.1 Å². The molecule has 0 amide bonds. The van der Waals surface area contributed by atoms with Crippen LogP contribution in [0.2, 0.25) is 0 Å². The van der Waals surface area contributed by atoms with E-state index in [-0.39, 0.29) is 6.04 Å². The fourth-order valence-electron chi connectivity index (χ4n) is 1.93. The molecule has 102 valence electrons. The maximum Gasteiger partial charge on any atom is 0.130 e. The summed E-state index contributed by atoms with van der Waals surface area (Å²) in [5.74, 6) is -0.498. The Balaban J connectivity index is 2.81. The van der Waals surface area contributed by atoms with Crippen molar-refractivity contribution in [2.75, 3.05) is 20.1 Å². The van der Waals surface area contributed by atoms with Crippen LogP contribution in [0, 0.1) is 17.6 Å². The monoisotopic (exact) mass is 256 g/mol. The second-order valence-corrected chi connectivity index (χ2v) is 5.08. The molecule has 2 N–H and O–H groups in total. The average Bonchev–Trinajstić information content (AvgIpc) is 2.30. The molecule has 0 saturated carbocycles. The van der Waals surface area contributed by atoms with Crippen molar-refractivity contribution < 1.29 is 8.78 Å². The molecule has 2 nitrogen and oxygen atoms in total. The van der Waals surface area contributed by atoms with Gasteiger partial charge in [-0.05, 0) is 32.0 Å². The van der Waals surface area contributed by atoms with Crippen molar-refractivity contribution in [2.45, 2.75) is 26.3 Å². The van der Waals surface area contributed by atoms with Crippen molar-refractivity contribution in [3.05, 3.63) is 35.4 Å². The Morgan fingerprint density at radius 2 is 1.94 bits per heavy atom. The molecule has 0 fully saturated rings. The number of likely N-dealkylation sites (N-methyl/N-ethyl adjacent to an activating group) is 1. The molecule has 0 saturated heterocycles. The van der Waals surface area contributed by atoms with E-state index in [0.717, 1.165) is 19.0 Å². The summed E-state index contributed by atoms with van der Waals surface area (Å²) in [4.78, 5) is 2.02. The van der Waals surface area contributed by atoms with Gasteiger partial charge in [-0.1, -0.05) is 19.9 Å². The lowest BCUT2D eigenvalue weighted by atomic mass is 10.0. The van der Waals surface area contributed by atoms with Crippen LogP contribution in [-0.2, 0) is 0 Å². The van der Waals surface area contributed by atoms with Crippen molar-refractivity contribution in [1.82, 2.24) is 4.90 Å². The minimum Gasteiger partial charge on any atom is -0.329 e. The lowest BCUT2D eigenvalue weighted by Crippen LogP contribution is -2.32. The maximum atomic E-state index is 13.7. The van der Waals surface area contributed by atoms with Crippen LogP contribution in [0.15, 0.2) is 18.2 Å². The zero-order valence-corrected chi connectivity index (χ0v) is 11.3. The molecule has 1 atom stereocenters. The van der Waals surface area contributed by atoms with Crippen LogP contribution in [0.5, 0.6) is 0 Å². The highest BCUT2D eigenvalue weighted by Gasteiger charge is 2.19. The predicted molar refractivity (Wildman–Crippen MR) is 70.2 cm³/mol. The third kappa shape index (κ3) is 4.03. The number of benzene rings is 1. The normalized spacial score (nSPS) is 13.3. The first-order valence-corrected chi connectivity index (χ1v) is 6.31. The van der Waals surface area contributed by atoms with Gasteiger partial charge in [-0.15, -0.1) is 0 Å². The predicted octanol–water partition coefficient (Wildman–Crippen LogP) is 2.94. The third-order valence-corrected chi connectivity index (χ3v) is 3.14. The minimum atomic E-state index is -0.558. The van der Waals surface area contributed by atoms with Gasteiger partial charge in [-0.3, -0.25) is 4.90 Å². The molecule has 1 unspecified atom stereocenters. The molecule has 0 aliphatic carbocycles. The molecule has 0 bridgehead atoms. The van der Waals surface area contributed by atoms with Crippen LogP contribution in [0.25, 0.3) is 0 Å². The van der Waals surface area contributed by atoms with E-state index >= 15 is 0 Å². The van der Waals surface area contributed by atoms with Crippen molar-refractivity contribution in [2.24, 2.45) is 11.7 Å². The molecular weight excluding hydrogens is 234 g/mol. The van der Waals surface area contributed by atoms with Crippen molar-refractivity contribution >= 4 is 0 Å². The number of nitrogens with zero attached hydrogens (tertiary/aromatic N) is 1. The summed E-state index contributed by atoms with van der Waals surface area (Å²) in [5.41, 5.74) is 6.18. The van der Waals surface area contributed by atoms with Crippen LogP contribution in [-0.4, -0.2) is 25.0 Å². The third-order valence-electron chi connectivity index (χ3n) is 3.14. The van der Waals surface area contributed by atoms with Gasteiger partial charge < -0.3 is 5.73 Å². The Morgan fingerprint density at radius 3 is 2.44 bits per heavy atom. The Morgan fingerprint density at radius 1 is 1.28 bits per heavy atom. The highest BCUT2D eigenvalue weighted by Crippen LogP contribution is 2.22. The smallest absolute Gasteiger partial charge is 0.130 e. The fourth-order valence-corrected chi connectivity index (χ4v) is 1.93. The van der Waals surface area contributed by atoms with Gasteiger partial charge in [0.25, 0.3) is 0 Å². The first-order valence-electron chi connectivity index (χ1n) is 6.31. The van der Waals surface area contributed by atoms with E-state index in [1.807, 2.05) is 11.9 Å². The molecule has 4 heteroatoms. The second kappa shape index (κ2) is 6.81. The molecule has 0 aromatic heterocycles. The molecule has 0 heterocycles. The average molecular weight is 256 g/mol. The van der Waals surface area contributed by atoms with Gasteiger partial charge >= 0.3 is 0 Å². The van der Waals surface area contributed by atoms with E-state index in [0.29, 0.717) is 18.0 Å². The Labute approximate surface area is 108 Å². The van der Waals surface area contributed by atoms with Crippen LogP contribution in [0.4, 0.5) is 8.78 Å². The van der Waals surface area contributed by atoms with Crippen molar-refractivity contribution in [1.29, 1.82) is 0 Å². The molecule has 18 heavy (non-hydrogen) atoms. The lowest BCUT2D eigenvalue weighted by Gasteiger charge is -2.28. The van der Waals surface area contributed by atoms with Crippen LogP contribution >= 0.6 is 0 Å². The maximum absolute atomic E-state index is 13.7. The summed E-state index contributed by atoms with van der Waals surface area (Å²) in [7, 11) is 1.92. The first-order chi connectivity index (χ1) is 8.45. The Hall–Kier alpha value is -1.00. The zero-order valence-electron chi connectivity index (χ0n) is 11.3. The molecule has 1 rings (SSSR count). The largest absolute Gasteiger partial charge is 0.329 e. The lowest BCUT2D eigenvalue weighted by molar-refractivity contribution is 0.231. The number of nitrogens with two attached hydrogens (primary N) is 1. The summed E-state index contributed by atoms with van der Waals surface area (Å²) in [6.07, 6.45) is 1.02. The van der Waals surface area contributed by atoms with E-state index in [4.69, 9.17) is 5.73 Å². The number of halogens is 2. The van der Waals surface area contributed by atoms with Gasteiger partial charge in [0.1, 0.15) is 11.6 Å². The number of hydrogen-bond donors (Lipinski definition) is 1. The number of hydrogen-bond acceptors (Lipinski definition) is 2. The summed E-state index contributed by atoms with van der Waals surface area (Å²) in [6, 6.07) is 3.46. The Kier molecular flexibility index (Phi) is 5.69. The van der Waals surface area contributed by atoms with Crippen LogP contribution in [0.3, 0.4) is 0 Å². The molecule has 1 aromatic rings. The molecule has 0 aliphatic rings. The second-order valence-electron chi connectivity index (χ2n) is 5.08. The number of rotatable bonds is 6. The van der Waals surface area contributed by atoms with Crippen molar-refractivity contribution in [3.8, 4) is 0 Å². The summed E-state index contributed by atoms with van der Waals surface area (Å²) >= 11 is 0. The molecular formula is C14H22F2N2. The highest BCUT2D eigenvalue weighted by atomic mass is 19.1. The fraction of sp³-hybridized carbons (Fsp3) is 0.571. The van der Waals surface area contributed by atoms with Gasteiger partial charge in [0.2, 0.25) is 0 Å². The van der Waals surface area contributed by atoms with Gasteiger partial charge in [0, 0.05) is 24.2 Å². The molecule has 1 aromatic carbocycles. The van der Waals surface area contributed by atoms with Crippen molar-refractivity contribution in [3.63, 3.8) is 0 Å². The van der Waals surface area contributed by atoms with E-state index in [9.17, 15) is 8.78 Å².